The Balaban J connectivity index is 2.36. The van der Waals surface area contributed by atoms with Gasteiger partial charge in [-0.3, -0.25) is 0 Å². The smallest absolute Gasteiger partial charge is 0.354 e. The van der Waals surface area contributed by atoms with Gasteiger partial charge >= 0.3 is 5.97 Å². The fourth-order valence-electron chi connectivity index (χ4n) is 1.55. The van der Waals surface area contributed by atoms with Crippen LogP contribution in [0.1, 0.15) is 22.5 Å². The third-order valence-corrected chi connectivity index (χ3v) is 2.48. The number of aromatic nitrogens is 1. The highest BCUT2D eigenvalue weighted by molar-refractivity contribution is 5.87. The second-order valence-electron chi connectivity index (χ2n) is 3.66. The Morgan fingerprint density at radius 3 is 2.33 bits per heavy atom. The van der Waals surface area contributed by atoms with Crippen LogP contribution in [0.4, 0.5) is 8.78 Å². The van der Waals surface area contributed by atoms with E-state index in [1.165, 1.54) is 36.5 Å². The minimum absolute atomic E-state index is 0.0636. The van der Waals surface area contributed by atoms with Crippen LogP contribution in [-0.2, 0) is 0 Å². The molecule has 0 saturated carbocycles. The Hall–Kier alpha value is -2.30. The lowest BCUT2D eigenvalue weighted by molar-refractivity contribution is 0.0690. The topological polar surface area (TPSA) is 50.2 Å². The molecule has 0 aliphatic rings. The maximum atomic E-state index is 12.4. The number of carboxylic acids is 1. The summed E-state index contributed by atoms with van der Waals surface area (Å²) in [6, 6.07) is 8.73. The van der Waals surface area contributed by atoms with E-state index in [2.05, 4.69) is 4.98 Å². The molecule has 1 aromatic carbocycles. The van der Waals surface area contributed by atoms with Gasteiger partial charge in [-0.15, -0.1) is 0 Å². The number of halogens is 2. The van der Waals surface area contributed by atoms with Crippen molar-refractivity contribution in [2.24, 2.45) is 0 Å². The summed E-state index contributed by atoms with van der Waals surface area (Å²) in [4.78, 5) is 14.5. The van der Waals surface area contributed by atoms with Crippen molar-refractivity contribution in [1.82, 2.24) is 4.98 Å². The number of carboxylic acid groups (broad SMARTS) is 1. The van der Waals surface area contributed by atoms with Crippen molar-refractivity contribution in [3.05, 3.63) is 53.9 Å². The summed E-state index contributed by atoms with van der Waals surface area (Å²) in [5.41, 5.74) is 1.16. The van der Waals surface area contributed by atoms with E-state index in [1.807, 2.05) is 0 Å². The van der Waals surface area contributed by atoms with Crippen LogP contribution in [0.3, 0.4) is 0 Å². The summed E-state index contributed by atoms with van der Waals surface area (Å²) in [5, 5.41) is 8.81. The zero-order chi connectivity index (χ0) is 13.1. The first-order valence-corrected chi connectivity index (χ1v) is 5.16. The molecule has 92 valence electrons. The summed E-state index contributed by atoms with van der Waals surface area (Å²) in [7, 11) is 0. The molecule has 0 unspecified atom stereocenters. The summed E-state index contributed by atoms with van der Waals surface area (Å²) < 4.78 is 24.8. The molecule has 0 fully saturated rings. The lowest BCUT2D eigenvalue weighted by atomic mass is 10.0. The SMILES string of the molecule is O=C(O)c1cc(-c2ccc(C(F)F)cc2)ccn1. The van der Waals surface area contributed by atoms with Crippen LogP contribution in [0.25, 0.3) is 11.1 Å². The number of rotatable bonds is 3. The Kier molecular flexibility index (Phi) is 3.32. The van der Waals surface area contributed by atoms with Gasteiger partial charge in [0.05, 0.1) is 0 Å². The lowest BCUT2D eigenvalue weighted by Crippen LogP contribution is -1.99. The monoisotopic (exact) mass is 249 g/mol. The zero-order valence-electron chi connectivity index (χ0n) is 9.18. The Morgan fingerprint density at radius 2 is 1.78 bits per heavy atom. The van der Waals surface area contributed by atoms with Gasteiger partial charge in [-0.05, 0) is 23.3 Å². The number of alkyl halides is 2. The molecular weight excluding hydrogens is 240 g/mol. The summed E-state index contributed by atoms with van der Waals surface area (Å²) in [5.74, 6) is -1.12. The first-order valence-electron chi connectivity index (χ1n) is 5.16. The average molecular weight is 249 g/mol. The van der Waals surface area contributed by atoms with Gasteiger partial charge < -0.3 is 5.11 Å². The Labute approximate surface area is 102 Å². The van der Waals surface area contributed by atoms with E-state index in [1.54, 1.807) is 6.07 Å². The number of benzene rings is 1. The van der Waals surface area contributed by atoms with Crippen molar-refractivity contribution in [1.29, 1.82) is 0 Å². The lowest BCUT2D eigenvalue weighted by Gasteiger charge is -2.04. The molecule has 2 aromatic rings. The molecule has 0 atom stereocenters. The molecule has 18 heavy (non-hydrogen) atoms. The van der Waals surface area contributed by atoms with Crippen LogP contribution in [0.5, 0.6) is 0 Å². The van der Waals surface area contributed by atoms with E-state index in [-0.39, 0.29) is 11.3 Å². The number of hydrogen-bond acceptors (Lipinski definition) is 2. The van der Waals surface area contributed by atoms with Crippen molar-refractivity contribution in [3.63, 3.8) is 0 Å². The second-order valence-corrected chi connectivity index (χ2v) is 3.66. The first kappa shape index (κ1) is 12.2. The number of pyridine rings is 1. The normalized spacial score (nSPS) is 10.6. The summed E-state index contributed by atoms with van der Waals surface area (Å²) >= 11 is 0. The molecule has 1 N–H and O–H groups in total. The van der Waals surface area contributed by atoms with Crippen molar-refractivity contribution < 1.29 is 18.7 Å². The van der Waals surface area contributed by atoms with E-state index in [4.69, 9.17) is 5.11 Å². The van der Waals surface area contributed by atoms with E-state index in [0.717, 1.165) is 0 Å². The van der Waals surface area contributed by atoms with Crippen molar-refractivity contribution in [3.8, 4) is 11.1 Å². The molecular formula is C13H9F2NO2. The van der Waals surface area contributed by atoms with Crippen LogP contribution < -0.4 is 0 Å². The van der Waals surface area contributed by atoms with Gasteiger partial charge in [-0.1, -0.05) is 24.3 Å². The quantitative estimate of drug-likeness (QED) is 0.907. The minimum atomic E-state index is -2.51. The van der Waals surface area contributed by atoms with Gasteiger partial charge in [-0.2, -0.15) is 0 Å². The molecule has 0 aliphatic heterocycles. The standard InChI is InChI=1S/C13H9F2NO2/c14-12(15)9-3-1-8(2-4-9)10-5-6-16-11(7-10)13(17)18/h1-7,12H,(H,17,18). The molecule has 2 rings (SSSR count). The molecule has 0 amide bonds. The maximum Gasteiger partial charge on any atom is 0.354 e. The maximum absolute atomic E-state index is 12.4. The molecule has 0 radical (unpaired) electrons. The van der Waals surface area contributed by atoms with E-state index in [9.17, 15) is 13.6 Å². The number of aromatic carboxylic acids is 1. The van der Waals surface area contributed by atoms with Gasteiger partial charge in [0.15, 0.2) is 0 Å². The zero-order valence-corrected chi connectivity index (χ0v) is 9.18. The molecule has 5 heteroatoms. The predicted molar refractivity (Wildman–Crippen MR) is 61.6 cm³/mol. The van der Waals surface area contributed by atoms with Crippen LogP contribution in [0, 0.1) is 0 Å². The fraction of sp³-hybridized carbons (Fsp3) is 0.0769. The third kappa shape index (κ3) is 2.51. The third-order valence-electron chi connectivity index (χ3n) is 2.48. The number of nitrogens with zero attached hydrogens (tertiary/aromatic N) is 1. The second kappa shape index (κ2) is 4.91. The van der Waals surface area contributed by atoms with Gasteiger partial charge in [0.25, 0.3) is 6.43 Å². The molecule has 0 saturated heterocycles. The number of hydrogen-bond donors (Lipinski definition) is 1. The van der Waals surface area contributed by atoms with Gasteiger partial charge in [0.2, 0.25) is 0 Å². The summed E-state index contributed by atoms with van der Waals surface area (Å²) in [6.07, 6.45) is -1.13. The van der Waals surface area contributed by atoms with Gasteiger partial charge in [0, 0.05) is 11.8 Å². The highest BCUT2D eigenvalue weighted by Crippen LogP contribution is 2.24. The van der Waals surface area contributed by atoms with Gasteiger partial charge in [-0.25, -0.2) is 18.6 Å². The number of carbonyl (C=O) groups is 1. The molecule has 3 nitrogen and oxygen atoms in total. The fourth-order valence-corrected chi connectivity index (χ4v) is 1.55. The largest absolute Gasteiger partial charge is 0.477 e. The Bertz CT molecular complexity index is 567. The summed E-state index contributed by atoms with van der Waals surface area (Å²) in [6.45, 7) is 0. The van der Waals surface area contributed by atoms with Crippen LogP contribution in [-0.4, -0.2) is 16.1 Å². The van der Waals surface area contributed by atoms with E-state index < -0.39 is 12.4 Å². The van der Waals surface area contributed by atoms with E-state index in [0.29, 0.717) is 11.1 Å². The molecule has 1 aromatic heterocycles. The average Bonchev–Trinajstić information content (AvgIpc) is 2.39. The highest BCUT2D eigenvalue weighted by Gasteiger charge is 2.08. The van der Waals surface area contributed by atoms with Crippen molar-refractivity contribution in [2.45, 2.75) is 6.43 Å². The molecule has 0 spiro atoms. The van der Waals surface area contributed by atoms with Crippen molar-refractivity contribution in [2.75, 3.05) is 0 Å². The minimum Gasteiger partial charge on any atom is -0.477 e. The molecule has 1 heterocycles. The van der Waals surface area contributed by atoms with Crippen molar-refractivity contribution >= 4 is 5.97 Å². The molecule has 0 aliphatic carbocycles. The van der Waals surface area contributed by atoms with Crippen LogP contribution in [0.2, 0.25) is 0 Å². The van der Waals surface area contributed by atoms with E-state index >= 15 is 0 Å². The van der Waals surface area contributed by atoms with Crippen LogP contribution in [0.15, 0.2) is 42.6 Å². The van der Waals surface area contributed by atoms with Crippen LogP contribution >= 0.6 is 0 Å². The van der Waals surface area contributed by atoms with Gasteiger partial charge in [0.1, 0.15) is 5.69 Å². The predicted octanol–water partition coefficient (Wildman–Crippen LogP) is 3.38. The first-order chi connectivity index (χ1) is 8.58. The molecule has 0 bridgehead atoms. The Morgan fingerprint density at radius 1 is 1.11 bits per heavy atom. The highest BCUT2D eigenvalue weighted by atomic mass is 19.3.